The van der Waals surface area contributed by atoms with E-state index >= 15 is 9.59 Å². The van der Waals surface area contributed by atoms with Gasteiger partial charge in [0, 0.05) is 114 Å². The van der Waals surface area contributed by atoms with E-state index in [1.54, 1.807) is 11.0 Å². The molecule has 2 saturated carbocycles. The molecule has 1 saturated heterocycles. The number of carboxylic acid groups (broad SMARTS) is 1. The lowest BCUT2D eigenvalue weighted by Gasteiger charge is -2.37. The Kier molecular flexibility index (Phi) is 11.3. The second-order valence-electron chi connectivity index (χ2n) is 22.5. The van der Waals surface area contributed by atoms with E-state index in [4.69, 9.17) is 0 Å². The minimum absolute atomic E-state index is 0.148. The number of carbonyl (C=O) groups is 5. The Balaban J connectivity index is 1.04. The molecule has 11 heteroatoms. The lowest BCUT2D eigenvalue weighted by Crippen LogP contribution is -2.48. The van der Waals surface area contributed by atoms with Gasteiger partial charge in [0.15, 0.2) is 0 Å². The zero-order chi connectivity index (χ0) is 52.3. The molecule has 4 heterocycles. The maximum Gasteiger partial charge on any atom is 0.346 e. The van der Waals surface area contributed by atoms with Gasteiger partial charge in [-0.25, -0.2) is 4.79 Å². The Hall–Kier alpha value is -8.02. The number of fused-ring (bicyclic) bond motifs is 5. The summed E-state index contributed by atoms with van der Waals surface area (Å²) in [5.74, 6) is 4.83. The number of hydrogen-bond acceptors (Lipinski definition) is 8. The number of nitriles is 1. The zero-order valence-electron chi connectivity index (χ0n) is 43.4. The van der Waals surface area contributed by atoms with Crippen LogP contribution in [0, 0.1) is 23.2 Å². The smallest absolute Gasteiger partial charge is 0.346 e. The van der Waals surface area contributed by atoms with Crippen LogP contribution in [0.5, 0.6) is 0 Å². The van der Waals surface area contributed by atoms with E-state index in [0.717, 1.165) is 181 Å². The van der Waals surface area contributed by atoms with Crippen LogP contribution in [0.1, 0.15) is 169 Å². The highest BCUT2D eigenvalue weighted by Crippen LogP contribution is 2.53. The molecule has 6 aliphatic rings. The maximum atomic E-state index is 15.2. The van der Waals surface area contributed by atoms with Gasteiger partial charge in [-0.1, -0.05) is 102 Å². The normalized spacial score (nSPS) is 19.6. The summed E-state index contributed by atoms with van der Waals surface area (Å²) in [7, 11) is 0. The summed E-state index contributed by atoms with van der Waals surface area (Å²) in [6, 6.07) is 23.7. The lowest BCUT2D eigenvalue weighted by atomic mass is 9.79. The van der Waals surface area contributed by atoms with Crippen molar-refractivity contribution in [3.8, 4) is 17.9 Å². The first kappa shape index (κ1) is 47.7. The molecule has 7 aromatic carbocycles. The van der Waals surface area contributed by atoms with Gasteiger partial charge >= 0.3 is 5.97 Å². The number of rotatable bonds is 8. The third kappa shape index (κ3) is 7.04. The molecule has 76 heavy (non-hydrogen) atoms. The molecule has 0 aromatic heterocycles. The second kappa shape index (κ2) is 18.1. The van der Waals surface area contributed by atoms with Crippen LogP contribution in [0.2, 0.25) is 0 Å². The Labute approximate surface area is 441 Å². The van der Waals surface area contributed by atoms with Crippen molar-refractivity contribution in [2.75, 3.05) is 29.4 Å². The predicted molar refractivity (Wildman–Crippen MR) is 298 cm³/mol. The molecule has 0 radical (unpaired) electrons. The van der Waals surface area contributed by atoms with E-state index in [9.17, 15) is 24.8 Å². The number of nitrogens with zero attached hydrogens (tertiary/aromatic N) is 5. The highest BCUT2D eigenvalue weighted by Gasteiger charge is 2.44. The average Bonchev–Trinajstić information content (AvgIpc) is 4.13. The fourth-order valence-electron chi connectivity index (χ4n) is 14.3. The van der Waals surface area contributed by atoms with E-state index in [-0.39, 0.29) is 41.3 Å². The number of benzene rings is 7. The van der Waals surface area contributed by atoms with Crippen LogP contribution in [0.25, 0.3) is 53.9 Å². The van der Waals surface area contributed by atoms with E-state index in [1.807, 2.05) is 48.5 Å². The van der Waals surface area contributed by atoms with Crippen molar-refractivity contribution < 1.29 is 29.1 Å². The number of carboxylic acids is 1. The van der Waals surface area contributed by atoms with Crippen LogP contribution in [-0.4, -0.2) is 76.2 Å². The number of unbranched alkanes of at least 4 members (excludes halogenated alkanes) is 1. The first-order chi connectivity index (χ1) is 36.9. The summed E-state index contributed by atoms with van der Waals surface area (Å²) in [4.78, 5) is 79.5. The van der Waals surface area contributed by atoms with Crippen molar-refractivity contribution in [2.24, 2.45) is 0 Å². The molecule has 1 N–H and O–H groups in total. The van der Waals surface area contributed by atoms with Gasteiger partial charge in [-0.05, 0) is 127 Å². The molecule has 13 rings (SSSR count). The number of allylic oxidation sites excluding steroid dienone is 3. The summed E-state index contributed by atoms with van der Waals surface area (Å²) in [6.07, 6.45) is 16.3. The number of amides is 4. The molecular weight excluding hydrogens is 947 g/mol. The first-order valence-electron chi connectivity index (χ1n) is 27.6. The van der Waals surface area contributed by atoms with Gasteiger partial charge in [-0.15, -0.1) is 0 Å². The standard InChI is InChI=1S/C65H59N5O6/c1-4-5-32-68-50-28-21-38-33-37(19-23-43(38)59(50)65(2,3)52(68)29-22-40(36-66)64(75)76)18-20-39-34-48-54-46(60(71)69(62(48)73)41-14-8-6-9-15-41)27-25-45-56-51(67-30-12-13-31-67)35-49-55-47(26-24-44(58(55)56)53(39)57(45)54)61(72)70(63(49)74)42-16-10-7-11-17-42/h19,21-29,33-35,41-42H,4-17,30-32H2,1-3H3,(H,75,76)/b40-22-,52-29+. The van der Waals surface area contributed by atoms with Gasteiger partial charge in [-0.3, -0.25) is 29.0 Å². The minimum Gasteiger partial charge on any atom is -0.477 e. The van der Waals surface area contributed by atoms with Crippen molar-refractivity contribution in [1.82, 2.24) is 9.80 Å². The van der Waals surface area contributed by atoms with Crippen molar-refractivity contribution in [1.29, 1.82) is 5.26 Å². The summed E-state index contributed by atoms with van der Waals surface area (Å²) >= 11 is 0. The van der Waals surface area contributed by atoms with Gasteiger partial charge in [0.1, 0.15) is 11.6 Å². The lowest BCUT2D eigenvalue weighted by molar-refractivity contribution is -0.132. The third-order valence-electron chi connectivity index (χ3n) is 17.9. The number of anilines is 2. The number of aliphatic carboxylic acids is 1. The summed E-state index contributed by atoms with van der Waals surface area (Å²) in [5, 5.41) is 27.6. The topological polar surface area (TPSA) is 142 Å². The van der Waals surface area contributed by atoms with Gasteiger partial charge < -0.3 is 14.9 Å². The molecule has 11 nitrogen and oxygen atoms in total. The Morgan fingerprint density at radius 3 is 1.83 bits per heavy atom. The predicted octanol–water partition coefficient (Wildman–Crippen LogP) is 13.1. The van der Waals surface area contributed by atoms with E-state index in [2.05, 4.69) is 66.7 Å². The number of imide groups is 2. The molecule has 0 bridgehead atoms. The fraction of sp³-hybridized carbons (Fsp3) is 0.354. The van der Waals surface area contributed by atoms with E-state index < -0.39 is 11.4 Å². The van der Waals surface area contributed by atoms with Gasteiger partial charge in [0.05, 0.1) is 5.56 Å². The number of carbonyl (C=O) groups excluding carboxylic acids is 4. The largest absolute Gasteiger partial charge is 0.477 e. The Morgan fingerprint density at radius 2 is 1.22 bits per heavy atom. The molecule has 2 aliphatic carbocycles. The molecular formula is C65H59N5O6. The summed E-state index contributed by atoms with van der Waals surface area (Å²) in [5.41, 5.74) is 6.56. The molecule has 0 atom stereocenters. The summed E-state index contributed by atoms with van der Waals surface area (Å²) in [6.45, 7) is 8.79. The van der Waals surface area contributed by atoms with E-state index in [1.165, 1.54) is 11.0 Å². The minimum atomic E-state index is -1.27. The Morgan fingerprint density at radius 1 is 0.645 bits per heavy atom. The number of hydrogen-bond donors (Lipinski definition) is 1. The molecule has 380 valence electrons. The molecule has 3 fully saturated rings. The van der Waals surface area contributed by atoms with E-state index in [0.29, 0.717) is 38.6 Å². The Bertz CT molecular complexity index is 3920. The van der Waals surface area contributed by atoms with Crippen LogP contribution in [0.3, 0.4) is 0 Å². The van der Waals surface area contributed by atoms with Gasteiger partial charge in [0.25, 0.3) is 23.6 Å². The van der Waals surface area contributed by atoms with Gasteiger partial charge in [-0.2, -0.15) is 5.26 Å². The molecule has 0 spiro atoms. The SMILES string of the molecule is CCCCN1/C(=C/C=C(/C#N)C(=O)O)C(C)(C)c2c1ccc1cc(C#Cc3cc4c5c(ccc6c7c(N8CCCC8)cc8c9c(ccc(c3c56)c97)C(=O)N(C3CCCCC3)C8=O)C(=O)N(C3CCCCC3)C4=O)ccc21. The molecule has 7 aromatic rings. The van der Waals surface area contributed by atoms with Crippen molar-refractivity contribution in [3.63, 3.8) is 0 Å². The van der Waals surface area contributed by atoms with Crippen molar-refractivity contribution >= 4 is 94.8 Å². The van der Waals surface area contributed by atoms with Crippen molar-refractivity contribution in [2.45, 2.75) is 128 Å². The fourth-order valence-corrected chi connectivity index (χ4v) is 14.3. The van der Waals surface area contributed by atoms with Crippen LogP contribution in [0.4, 0.5) is 11.4 Å². The first-order valence-corrected chi connectivity index (χ1v) is 27.6. The summed E-state index contributed by atoms with van der Waals surface area (Å²) < 4.78 is 0. The zero-order valence-corrected chi connectivity index (χ0v) is 43.4. The molecule has 0 unspecified atom stereocenters. The van der Waals surface area contributed by atoms with Crippen molar-refractivity contribution in [3.05, 3.63) is 129 Å². The monoisotopic (exact) mass is 1010 g/mol. The third-order valence-corrected chi connectivity index (χ3v) is 17.9. The van der Waals surface area contributed by atoms with Crippen LogP contribution in [0.15, 0.2) is 90.2 Å². The van der Waals surface area contributed by atoms with Crippen LogP contribution >= 0.6 is 0 Å². The average molecular weight is 1010 g/mol. The quantitative estimate of drug-likeness (QED) is 0.0393. The maximum absolute atomic E-state index is 15.2. The second-order valence-corrected chi connectivity index (χ2v) is 22.5. The van der Waals surface area contributed by atoms with Gasteiger partial charge in [0.2, 0.25) is 0 Å². The van der Waals surface area contributed by atoms with Crippen LogP contribution in [-0.2, 0) is 10.2 Å². The molecule has 4 amide bonds. The van der Waals surface area contributed by atoms with Crippen LogP contribution < -0.4 is 9.80 Å². The highest BCUT2D eigenvalue weighted by atomic mass is 16.4. The highest BCUT2D eigenvalue weighted by molar-refractivity contribution is 6.43. The molecule has 4 aliphatic heterocycles.